The van der Waals surface area contributed by atoms with Crippen molar-refractivity contribution in [3.05, 3.63) is 0 Å². The monoisotopic (exact) mass is 290 g/mol. The van der Waals surface area contributed by atoms with E-state index in [2.05, 4.69) is 6.92 Å². The normalized spacial score (nSPS) is 12.3. The van der Waals surface area contributed by atoms with Gasteiger partial charge in [0.05, 0.1) is 39.0 Å². The molecule has 0 bridgehead atoms. The third-order valence-electron chi connectivity index (χ3n) is 3.01. The summed E-state index contributed by atoms with van der Waals surface area (Å²) in [5.74, 6) is -0.0618. The Morgan fingerprint density at radius 1 is 0.950 bits per heavy atom. The van der Waals surface area contributed by atoms with Crippen LogP contribution in [0.4, 0.5) is 0 Å². The molecular formula is C15H30O5. The van der Waals surface area contributed by atoms with Gasteiger partial charge in [-0.05, 0) is 12.8 Å². The molecule has 20 heavy (non-hydrogen) atoms. The zero-order valence-electron chi connectivity index (χ0n) is 13.2. The van der Waals surface area contributed by atoms with Crippen LogP contribution in [0.1, 0.15) is 39.5 Å². The molecule has 0 aliphatic rings. The molecule has 0 amide bonds. The molecule has 0 aliphatic heterocycles. The van der Waals surface area contributed by atoms with Crippen molar-refractivity contribution >= 4 is 5.97 Å². The van der Waals surface area contributed by atoms with E-state index in [0.717, 1.165) is 25.7 Å². The van der Waals surface area contributed by atoms with E-state index in [1.807, 2.05) is 6.92 Å². The lowest BCUT2D eigenvalue weighted by Gasteiger charge is -2.13. The largest absolute Gasteiger partial charge is 0.463 e. The van der Waals surface area contributed by atoms with Crippen molar-refractivity contribution in [1.82, 2.24) is 0 Å². The highest BCUT2D eigenvalue weighted by Gasteiger charge is 2.16. The molecule has 0 fully saturated rings. The lowest BCUT2D eigenvalue weighted by atomic mass is 10.00. The molecule has 120 valence electrons. The molecular weight excluding hydrogens is 260 g/mol. The van der Waals surface area contributed by atoms with Gasteiger partial charge in [-0.1, -0.05) is 26.7 Å². The third kappa shape index (κ3) is 11.2. The summed E-state index contributed by atoms with van der Waals surface area (Å²) in [4.78, 5) is 11.8. The average Bonchev–Trinajstić information content (AvgIpc) is 2.46. The maximum Gasteiger partial charge on any atom is 0.308 e. The van der Waals surface area contributed by atoms with Crippen LogP contribution in [0.15, 0.2) is 0 Å². The van der Waals surface area contributed by atoms with Gasteiger partial charge in [0.15, 0.2) is 0 Å². The van der Waals surface area contributed by atoms with Crippen LogP contribution in [0, 0.1) is 5.92 Å². The number of methoxy groups -OCH3 is 1. The minimum absolute atomic E-state index is 0.0346. The van der Waals surface area contributed by atoms with E-state index in [9.17, 15) is 4.79 Å². The van der Waals surface area contributed by atoms with Gasteiger partial charge in [0.25, 0.3) is 0 Å². The maximum atomic E-state index is 11.8. The van der Waals surface area contributed by atoms with Gasteiger partial charge in [-0.2, -0.15) is 0 Å². The Hall–Kier alpha value is -0.650. The summed E-state index contributed by atoms with van der Waals surface area (Å²) < 4.78 is 20.6. The van der Waals surface area contributed by atoms with Crippen molar-refractivity contribution in [2.24, 2.45) is 5.92 Å². The highest BCUT2D eigenvalue weighted by Crippen LogP contribution is 2.14. The van der Waals surface area contributed by atoms with Gasteiger partial charge in [-0.25, -0.2) is 0 Å². The molecule has 0 aromatic heterocycles. The first kappa shape index (κ1) is 19.4. The molecule has 0 spiro atoms. The average molecular weight is 290 g/mol. The first-order valence-corrected chi connectivity index (χ1v) is 7.57. The summed E-state index contributed by atoms with van der Waals surface area (Å²) in [6, 6.07) is 0. The molecule has 0 aliphatic carbocycles. The van der Waals surface area contributed by atoms with Crippen LogP contribution in [0.3, 0.4) is 0 Å². The second-order valence-corrected chi connectivity index (χ2v) is 4.63. The van der Waals surface area contributed by atoms with Gasteiger partial charge >= 0.3 is 5.97 Å². The third-order valence-corrected chi connectivity index (χ3v) is 3.01. The van der Waals surface area contributed by atoms with Crippen molar-refractivity contribution in [3.63, 3.8) is 0 Å². The SMILES string of the molecule is CCCCC(CC)C(=O)OCCOCCOCCOC. The molecule has 0 aromatic rings. The standard InChI is InChI=1S/C15H30O5/c1-4-6-7-14(5-2)15(16)20-13-12-19-11-10-18-9-8-17-3/h14H,4-13H2,1-3H3. The Bertz CT molecular complexity index is 220. The van der Waals surface area contributed by atoms with Crippen molar-refractivity contribution in [1.29, 1.82) is 0 Å². The molecule has 5 nitrogen and oxygen atoms in total. The minimum Gasteiger partial charge on any atom is -0.463 e. The smallest absolute Gasteiger partial charge is 0.308 e. The molecule has 0 rings (SSSR count). The zero-order chi connectivity index (χ0) is 15.1. The van der Waals surface area contributed by atoms with Crippen LogP contribution >= 0.6 is 0 Å². The fraction of sp³-hybridized carbons (Fsp3) is 0.933. The van der Waals surface area contributed by atoms with Crippen LogP contribution in [0.25, 0.3) is 0 Å². The van der Waals surface area contributed by atoms with Crippen molar-refractivity contribution in [2.45, 2.75) is 39.5 Å². The topological polar surface area (TPSA) is 54.0 Å². The molecule has 0 radical (unpaired) electrons. The van der Waals surface area contributed by atoms with Gasteiger partial charge in [0.2, 0.25) is 0 Å². The maximum absolute atomic E-state index is 11.8. The lowest BCUT2D eigenvalue weighted by molar-refractivity contribution is -0.150. The minimum atomic E-state index is -0.0964. The summed E-state index contributed by atoms with van der Waals surface area (Å²) >= 11 is 0. The highest BCUT2D eigenvalue weighted by molar-refractivity contribution is 5.72. The van der Waals surface area contributed by atoms with Gasteiger partial charge in [0, 0.05) is 7.11 Å². The number of carbonyl (C=O) groups excluding carboxylic acids is 1. The molecule has 0 heterocycles. The Morgan fingerprint density at radius 3 is 2.10 bits per heavy atom. The van der Waals surface area contributed by atoms with E-state index in [1.54, 1.807) is 7.11 Å². The quantitative estimate of drug-likeness (QED) is 0.363. The van der Waals surface area contributed by atoms with Crippen LogP contribution in [-0.2, 0) is 23.7 Å². The molecule has 0 saturated heterocycles. The number of carbonyl (C=O) groups is 1. The number of unbranched alkanes of at least 4 members (excludes halogenated alkanes) is 1. The van der Waals surface area contributed by atoms with E-state index >= 15 is 0 Å². The zero-order valence-corrected chi connectivity index (χ0v) is 13.2. The molecule has 1 atom stereocenters. The second kappa shape index (κ2) is 14.8. The van der Waals surface area contributed by atoms with Gasteiger partial charge in [0.1, 0.15) is 6.61 Å². The van der Waals surface area contributed by atoms with Crippen molar-refractivity contribution in [2.75, 3.05) is 46.8 Å². The van der Waals surface area contributed by atoms with Crippen molar-refractivity contribution in [3.8, 4) is 0 Å². The van der Waals surface area contributed by atoms with Gasteiger partial charge < -0.3 is 18.9 Å². The van der Waals surface area contributed by atoms with Crippen LogP contribution in [0.2, 0.25) is 0 Å². The summed E-state index contributed by atoms with van der Waals surface area (Å²) in [6.07, 6.45) is 3.94. The molecule has 0 N–H and O–H groups in total. The predicted octanol–water partition coefficient (Wildman–Crippen LogP) is 2.43. The van der Waals surface area contributed by atoms with Crippen molar-refractivity contribution < 1.29 is 23.7 Å². The summed E-state index contributed by atoms with van der Waals surface area (Å²) in [5.41, 5.74) is 0. The first-order valence-electron chi connectivity index (χ1n) is 7.57. The van der Waals surface area contributed by atoms with E-state index in [-0.39, 0.29) is 11.9 Å². The van der Waals surface area contributed by atoms with Crippen LogP contribution in [-0.4, -0.2) is 52.7 Å². The van der Waals surface area contributed by atoms with E-state index in [4.69, 9.17) is 18.9 Å². The Balaban J connectivity index is 3.41. The number of ether oxygens (including phenoxy) is 4. The Morgan fingerprint density at radius 2 is 1.55 bits per heavy atom. The predicted molar refractivity (Wildman–Crippen MR) is 77.8 cm³/mol. The number of esters is 1. The molecule has 5 heteroatoms. The number of rotatable bonds is 14. The lowest BCUT2D eigenvalue weighted by Crippen LogP contribution is -2.20. The summed E-state index contributed by atoms with van der Waals surface area (Å²) in [5, 5.41) is 0. The fourth-order valence-electron chi connectivity index (χ4n) is 1.72. The van der Waals surface area contributed by atoms with E-state index in [1.165, 1.54) is 0 Å². The van der Waals surface area contributed by atoms with Gasteiger partial charge in [-0.15, -0.1) is 0 Å². The number of hydrogen-bond acceptors (Lipinski definition) is 5. The Labute approximate surface area is 122 Å². The van der Waals surface area contributed by atoms with Gasteiger partial charge in [-0.3, -0.25) is 4.79 Å². The van der Waals surface area contributed by atoms with Crippen LogP contribution < -0.4 is 0 Å². The second-order valence-electron chi connectivity index (χ2n) is 4.63. The fourth-order valence-corrected chi connectivity index (χ4v) is 1.72. The number of hydrogen-bond donors (Lipinski definition) is 0. The van der Waals surface area contributed by atoms with E-state index < -0.39 is 0 Å². The Kier molecular flexibility index (Phi) is 14.3. The summed E-state index contributed by atoms with van der Waals surface area (Å²) in [6.45, 7) is 7.09. The van der Waals surface area contributed by atoms with Crippen LogP contribution in [0.5, 0.6) is 0 Å². The first-order chi connectivity index (χ1) is 9.76. The summed E-state index contributed by atoms with van der Waals surface area (Å²) in [7, 11) is 1.64. The molecule has 0 saturated carbocycles. The molecule has 0 aromatic carbocycles. The highest BCUT2D eigenvalue weighted by atomic mass is 16.6. The molecule has 1 unspecified atom stereocenters. The van der Waals surface area contributed by atoms with E-state index in [0.29, 0.717) is 39.6 Å².